The number of carbonyl (C=O) groups is 2. The minimum absolute atomic E-state index is 0.0459. The Labute approximate surface area is 90.5 Å². The molecule has 0 aromatic heterocycles. The predicted molar refractivity (Wildman–Crippen MR) is 58.3 cm³/mol. The SMILES string of the molecule is C=CCN(CC(=O)N1CCCC1)C(C)=O. The maximum Gasteiger partial charge on any atom is 0.242 e. The first-order valence-electron chi connectivity index (χ1n) is 5.29. The van der Waals surface area contributed by atoms with E-state index in [0.717, 1.165) is 25.9 Å². The summed E-state index contributed by atoms with van der Waals surface area (Å²) in [5.41, 5.74) is 0. The summed E-state index contributed by atoms with van der Waals surface area (Å²) in [7, 11) is 0. The lowest BCUT2D eigenvalue weighted by molar-refractivity contribution is -0.138. The molecular formula is C11H18N2O2. The van der Waals surface area contributed by atoms with Crippen LogP contribution in [0.25, 0.3) is 0 Å². The van der Waals surface area contributed by atoms with Gasteiger partial charge in [0.2, 0.25) is 11.8 Å². The first kappa shape index (κ1) is 11.8. The number of amides is 2. The second-order valence-corrected chi connectivity index (χ2v) is 3.78. The molecule has 1 fully saturated rings. The fourth-order valence-corrected chi connectivity index (χ4v) is 1.69. The fraction of sp³-hybridized carbons (Fsp3) is 0.636. The zero-order valence-corrected chi connectivity index (χ0v) is 9.24. The van der Waals surface area contributed by atoms with E-state index in [9.17, 15) is 9.59 Å². The molecule has 84 valence electrons. The predicted octanol–water partition coefficient (Wildman–Crippen LogP) is 0.643. The number of carbonyl (C=O) groups excluding carboxylic acids is 2. The lowest BCUT2D eigenvalue weighted by atomic mass is 10.4. The molecule has 0 atom stereocenters. The molecule has 0 spiro atoms. The molecule has 1 saturated heterocycles. The number of hydrogen-bond donors (Lipinski definition) is 0. The van der Waals surface area contributed by atoms with Gasteiger partial charge in [0.15, 0.2) is 0 Å². The van der Waals surface area contributed by atoms with Crippen molar-refractivity contribution in [3.63, 3.8) is 0 Å². The Morgan fingerprint density at radius 3 is 2.47 bits per heavy atom. The average Bonchev–Trinajstić information content (AvgIpc) is 2.69. The lowest BCUT2D eigenvalue weighted by Gasteiger charge is -2.22. The van der Waals surface area contributed by atoms with Crippen LogP contribution in [0, 0.1) is 0 Å². The van der Waals surface area contributed by atoms with Crippen LogP contribution in [0.1, 0.15) is 19.8 Å². The van der Waals surface area contributed by atoms with E-state index in [2.05, 4.69) is 6.58 Å². The minimum atomic E-state index is -0.0811. The first-order chi connectivity index (χ1) is 7.15. The Bertz CT molecular complexity index is 257. The second-order valence-electron chi connectivity index (χ2n) is 3.78. The van der Waals surface area contributed by atoms with Gasteiger partial charge in [-0.3, -0.25) is 9.59 Å². The van der Waals surface area contributed by atoms with Crippen LogP contribution < -0.4 is 0 Å². The molecule has 1 aliphatic heterocycles. The Morgan fingerprint density at radius 1 is 1.40 bits per heavy atom. The van der Waals surface area contributed by atoms with Crippen LogP contribution in [-0.4, -0.2) is 47.8 Å². The first-order valence-corrected chi connectivity index (χ1v) is 5.29. The van der Waals surface area contributed by atoms with Gasteiger partial charge in [-0.2, -0.15) is 0 Å². The van der Waals surface area contributed by atoms with E-state index in [1.165, 1.54) is 11.8 Å². The van der Waals surface area contributed by atoms with Crippen molar-refractivity contribution in [1.29, 1.82) is 0 Å². The Balaban J connectivity index is 2.45. The Hall–Kier alpha value is -1.32. The van der Waals surface area contributed by atoms with Gasteiger partial charge in [0.25, 0.3) is 0 Å². The molecule has 4 nitrogen and oxygen atoms in total. The largest absolute Gasteiger partial charge is 0.341 e. The van der Waals surface area contributed by atoms with Crippen molar-refractivity contribution in [3.8, 4) is 0 Å². The summed E-state index contributed by atoms with van der Waals surface area (Å²) in [6.45, 7) is 7.33. The molecule has 0 radical (unpaired) electrons. The Morgan fingerprint density at radius 2 is 2.00 bits per heavy atom. The molecule has 1 rings (SSSR count). The van der Waals surface area contributed by atoms with Crippen molar-refractivity contribution >= 4 is 11.8 Å². The van der Waals surface area contributed by atoms with Crippen LogP contribution in [0.15, 0.2) is 12.7 Å². The quantitative estimate of drug-likeness (QED) is 0.639. The third kappa shape index (κ3) is 3.38. The van der Waals surface area contributed by atoms with Gasteiger partial charge in [-0.05, 0) is 12.8 Å². The third-order valence-electron chi connectivity index (χ3n) is 2.58. The van der Waals surface area contributed by atoms with E-state index in [1.54, 1.807) is 6.08 Å². The molecular weight excluding hydrogens is 192 g/mol. The summed E-state index contributed by atoms with van der Waals surface area (Å²) in [6.07, 6.45) is 3.79. The fourth-order valence-electron chi connectivity index (χ4n) is 1.69. The molecule has 1 heterocycles. The molecule has 0 N–H and O–H groups in total. The van der Waals surface area contributed by atoms with Crippen molar-refractivity contribution in [2.75, 3.05) is 26.2 Å². The summed E-state index contributed by atoms with van der Waals surface area (Å²) >= 11 is 0. The van der Waals surface area contributed by atoms with Gasteiger partial charge in [0.05, 0.1) is 0 Å². The van der Waals surface area contributed by atoms with Gasteiger partial charge >= 0.3 is 0 Å². The highest BCUT2D eigenvalue weighted by Crippen LogP contribution is 2.08. The Kier molecular flexibility index (Phi) is 4.34. The van der Waals surface area contributed by atoms with E-state index in [4.69, 9.17) is 0 Å². The summed E-state index contributed by atoms with van der Waals surface area (Å²) < 4.78 is 0. The van der Waals surface area contributed by atoms with Gasteiger partial charge in [0.1, 0.15) is 6.54 Å². The molecule has 0 unspecified atom stereocenters. The zero-order valence-electron chi connectivity index (χ0n) is 9.24. The lowest BCUT2D eigenvalue weighted by Crippen LogP contribution is -2.41. The van der Waals surface area contributed by atoms with E-state index in [1.807, 2.05) is 4.90 Å². The van der Waals surface area contributed by atoms with Crippen molar-refractivity contribution in [2.24, 2.45) is 0 Å². The van der Waals surface area contributed by atoms with E-state index in [-0.39, 0.29) is 18.4 Å². The summed E-state index contributed by atoms with van der Waals surface area (Å²) in [5, 5.41) is 0. The minimum Gasteiger partial charge on any atom is -0.341 e. The van der Waals surface area contributed by atoms with Crippen molar-refractivity contribution in [3.05, 3.63) is 12.7 Å². The molecule has 0 aromatic rings. The molecule has 0 aromatic carbocycles. The molecule has 0 aliphatic carbocycles. The number of hydrogen-bond acceptors (Lipinski definition) is 2. The number of rotatable bonds is 4. The van der Waals surface area contributed by atoms with Crippen LogP contribution >= 0.6 is 0 Å². The number of likely N-dealkylation sites (tertiary alicyclic amines) is 1. The number of nitrogens with zero attached hydrogens (tertiary/aromatic N) is 2. The topological polar surface area (TPSA) is 40.6 Å². The van der Waals surface area contributed by atoms with Crippen LogP contribution in [0.2, 0.25) is 0 Å². The van der Waals surface area contributed by atoms with Gasteiger partial charge in [-0.15, -0.1) is 6.58 Å². The van der Waals surface area contributed by atoms with Crippen molar-refractivity contribution in [2.45, 2.75) is 19.8 Å². The third-order valence-corrected chi connectivity index (χ3v) is 2.58. The molecule has 15 heavy (non-hydrogen) atoms. The maximum absolute atomic E-state index is 11.7. The summed E-state index contributed by atoms with van der Waals surface area (Å²) in [6, 6.07) is 0. The molecule has 2 amide bonds. The van der Waals surface area contributed by atoms with Crippen molar-refractivity contribution in [1.82, 2.24) is 9.80 Å². The molecule has 0 saturated carbocycles. The molecule has 0 bridgehead atoms. The van der Waals surface area contributed by atoms with E-state index < -0.39 is 0 Å². The summed E-state index contributed by atoms with van der Waals surface area (Å²) in [5.74, 6) is -0.0352. The van der Waals surface area contributed by atoms with Crippen LogP contribution in [0.4, 0.5) is 0 Å². The van der Waals surface area contributed by atoms with Crippen LogP contribution in [0.3, 0.4) is 0 Å². The molecule has 1 aliphatic rings. The highest BCUT2D eigenvalue weighted by molar-refractivity contribution is 5.84. The van der Waals surface area contributed by atoms with Gasteiger partial charge in [0, 0.05) is 26.6 Å². The van der Waals surface area contributed by atoms with Gasteiger partial charge in [-0.1, -0.05) is 6.08 Å². The van der Waals surface area contributed by atoms with E-state index >= 15 is 0 Å². The highest BCUT2D eigenvalue weighted by Gasteiger charge is 2.20. The zero-order chi connectivity index (χ0) is 11.3. The normalized spacial score (nSPS) is 15.1. The van der Waals surface area contributed by atoms with Crippen LogP contribution in [-0.2, 0) is 9.59 Å². The average molecular weight is 210 g/mol. The highest BCUT2D eigenvalue weighted by atomic mass is 16.2. The van der Waals surface area contributed by atoms with Crippen molar-refractivity contribution < 1.29 is 9.59 Å². The van der Waals surface area contributed by atoms with E-state index in [0.29, 0.717) is 6.54 Å². The standard InChI is InChI=1S/C11H18N2O2/c1-3-6-13(10(2)14)9-11(15)12-7-4-5-8-12/h3H,1,4-9H2,2H3. The second kappa shape index (κ2) is 5.53. The smallest absolute Gasteiger partial charge is 0.242 e. The van der Waals surface area contributed by atoms with Crippen LogP contribution in [0.5, 0.6) is 0 Å². The summed E-state index contributed by atoms with van der Waals surface area (Å²) in [4.78, 5) is 26.3. The molecule has 4 heteroatoms. The van der Waals surface area contributed by atoms with Gasteiger partial charge in [-0.25, -0.2) is 0 Å². The van der Waals surface area contributed by atoms with Gasteiger partial charge < -0.3 is 9.80 Å². The monoisotopic (exact) mass is 210 g/mol. The maximum atomic E-state index is 11.7.